The van der Waals surface area contributed by atoms with Gasteiger partial charge in [-0.05, 0) is 33.9 Å². The summed E-state index contributed by atoms with van der Waals surface area (Å²) in [5.74, 6) is 0. The van der Waals surface area contributed by atoms with E-state index in [9.17, 15) is 0 Å². The van der Waals surface area contributed by atoms with E-state index < -0.39 is 0 Å². The lowest BCUT2D eigenvalue weighted by Crippen LogP contribution is -2.28. The van der Waals surface area contributed by atoms with Crippen molar-refractivity contribution in [1.29, 1.82) is 0 Å². The van der Waals surface area contributed by atoms with Crippen molar-refractivity contribution in [3.8, 4) is 0 Å². The van der Waals surface area contributed by atoms with Gasteiger partial charge in [-0.3, -0.25) is 0 Å². The molecule has 0 bridgehead atoms. The smallest absolute Gasteiger partial charge is 0.0892 e. The van der Waals surface area contributed by atoms with Crippen LogP contribution in [0.4, 0.5) is 0 Å². The van der Waals surface area contributed by atoms with Crippen molar-refractivity contribution < 1.29 is 0 Å². The summed E-state index contributed by atoms with van der Waals surface area (Å²) in [4.78, 5) is 10.5. The second-order valence-corrected chi connectivity index (χ2v) is 4.71. The number of unbranched alkanes of at least 4 members (excludes halogenated alkanes) is 3. The van der Waals surface area contributed by atoms with Gasteiger partial charge in [0, 0.05) is 12.6 Å². The van der Waals surface area contributed by atoms with Crippen LogP contribution in [0.3, 0.4) is 0 Å². The quantitative estimate of drug-likeness (QED) is 0.439. The highest BCUT2D eigenvalue weighted by atomic mass is 35.5. The third-order valence-corrected chi connectivity index (χ3v) is 2.99. The number of hydrogen-bond donors (Lipinski definition) is 0. The molecule has 0 aromatic heterocycles. The Hall–Kier alpha value is -0.370. The van der Waals surface area contributed by atoms with E-state index in [1.165, 1.54) is 32.1 Å². The van der Waals surface area contributed by atoms with Crippen molar-refractivity contribution >= 4 is 18.4 Å². The van der Waals surface area contributed by atoms with E-state index in [1.54, 1.807) is 0 Å². The summed E-state index contributed by atoms with van der Waals surface area (Å²) in [5.41, 5.74) is 0. The molecule has 0 heterocycles. The third-order valence-electron chi connectivity index (χ3n) is 2.99. The fourth-order valence-electron chi connectivity index (χ4n) is 1.85. The summed E-state index contributed by atoms with van der Waals surface area (Å²) in [6.07, 6.45) is 7.77. The Morgan fingerprint density at radius 1 is 1.00 bits per heavy atom. The first kappa shape index (κ1) is 20.0. The summed E-state index contributed by atoms with van der Waals surface area (Å²) in [7, 11) is 4.32. The molecular weight excluding hydrogens is 246 g/mol. The highest BCUT2D eigenvalue weighted by Gasteiger charge is 2.09. The molecule has 0 aromatic rings. The van der Waals surface area contributed by atoms with Gasteiger partial charge in [0.25, 0.3) is 0 Å². The average molecular weight is 276 g/mol. The van der Waals surface area contributed by atoms with E-state index in [2.05, 4.69) is 41.9 Å². The second-order valence-electron chi connectivity index (χ2n) is 4.71. The number of nitrogens with zero attached hydrogens (tertiary/aromatic N) is 3. The van der Waals surface area contributed by atoms with Crippen LogP contribution in [0, 0.1) is 0 Å². The average Bonchev–Trinajstić information content (AvgIpc) is 2.31. The van der Waals surface area contributed by atoms with Crippen molar-refractivity contribution in [3.05, 3.63) is 0 Å². The number of hydrogen-bond acceptors (Lipinski definition) is 3. The zero-order valence-electron chi connectivity index (χ0n) is 12.5. The number of aliphatic imine (C=N–C) groups is 2. The zero-order valence-corrected chi connectivity index (χ0v) is 13.3. The maximum absolute atomic E-state index is 4.18. The molecule has 0 fully saturated rings. The Bertz CT molecular complexity index is 223. The van der Waals surface area contributed by atoms with Gasteiger partial charge in [-0.25, -0.2) is 9.98 Å². The molecule has 3 nitrogen and oxygen atoms in total. The van der Waals surface area contributed by atoms with Crippen LogP contribution < -0.4 is 0 Å². The van der Waals surface area contributed by atoms with Gasteiger partial charge in [-0.15, -0.1) is 12.4 Å². The van der Waals surface area contributed by atoms with Gasteiger partial charge in [-0.1, -0.05) is 32.6 Å². The highest BCUT2D eigenvalue weighted by Crippen LogP contribution is 2.11. The molecule has 0 aliphatic rings. The largest absolute Gasteiger partial charge is 0.306 e. The van der Waals surface area contributed by atoms with Gasteiger partial charge in [0.2, 0.25) is 0 Å². The normalized spacial score (nSPS) is 11.6. The summed E-state index contributed by atoms with van der Waals surface area (Å²) in [5, 5.41) is 0. The first-order valence-corrected chi connectivity index (χ1v) is 6.96. The van der Waals surface area contributed by atoms with Crippen molar-refractivity contribution in [1.82, 2.24) is 4.90 Å². The minimum atomic E-state index is 0. The number of rotatable bonds is 10. The molecule has 18 heavy (non-hydrogen) atoms. The summed E-state index contributed by atoms with van der Waals surface area (Å²) in [6.45, 7) is 5.88. The predicted molar refractivity (Wildman–Crippen MR) is 83.4 cm³/mol. The molecule has 0 aliphatic heterocycles. The summed E-state index contributed by atoms with van der Waals surface area (Å²) >= 11 is 0. The Labute approximate surface area is 119 Å². The lowest BCUT2D eigenvalue weighted by molar-refractivity contribution is 0.261. The van der Waals surface area contributed by atoms with Crippen molar-refractivity contribution in [2.45, 2.75) is 58.4 Å². The van der Waals surface area contributed by atoms with E-state index in [4.69, 9.17) is 0 Å². The molecule has 0 N–H and O–H groups in total. The molecule has 0 radical (unpaired) electrons. The molecule has 0 spiro atoms. The monoisotopic (exact) mass is 275 g/mol. The van der Waals surface area contributed by atoms with Crippen LogP contribution >= 0.6 is 12.4 Å². The maximum atomic E-state index is 4.18. The molecule has 1 unspecified atom stereocenters. The van der Waals surface area contributed by atoms with Gasteiger partial charge >= 0.3 is 0 Å². The second kappa shape index (κ2) is 14.7. The molecule has 0 saturated heterocycles. The van der Waals surface area contributed by atoms with E-state index in [0.717, 1.165) is 19.5 Å². The van der Waals surface area contributed by atoms with Crippen molar-refractivity contribution in [2.75, 3.05) is 27.2 Å². The summed E-state index contributed by atoms with van der Waals surface area (Å²) < 4.78 is 0. The van der Waals surface area contributed by atoms with Crippen LogP contribution in [-0.2, 0) is 0 Å². The SMILES string of the molecule is CCCCCCC(CCN=C=NCC)N(C)C.Cl. The van der Waals surface area contributed by atoms with Gasteiger partial charge in [0.15, 0.2) is 0 Å². The van der Waals surface area contributed by atoms with Crippen LogP contribution in [0.2, 0.25) is 0 Å². The standard InChI is InChI=1S/C14H29N3.ClH/c1-5-7-8-9-10-14(17(3)4)11-12-16-13-15-6-2;/h14H,5-12H2,1-4H3;1H. The lowest BCUT2D eigenvalue weighted by Gasteiger charge is -2.23. The predicted octanol–water partition coefficient (Wildman–Crippen LogP) is 3.89. The maximum Gasteiger partial charge on any atom is 0.0892 e. The lowest BCUT2D eigenvalue weighted by atomic mass is 10.0. The van der Waals surface area contributed by atoms with E-state index in [0.29, 0.717) is 6.04 Å². The third kappa shape index (κ3) is 12.1. The van der Waals surface area contributed by atoms with Crippen LogP contribution in [0.15, 0.2) is 9.98 Å². The number of halogens is 1. The molecule has 0 rings (SSSR count). The molecule has 0 aliphatic carbocycles. The van der Waals surface area contributed by atoms with Gasteiger partial charge in [0.05, 0.1) is 12.6 Å². The van der Waals surface area contributed by atoms with E-state index in [1.807, 2.05) is 6.92 Å². The van der Waals surface area contributed by atoms with E-state index >= 15 is 0 Å². The first-order valence-electron chi connectivity index (χ1n) is 6.96. The Morgan fingerprint density at radius 3 is 2.28 bits per heavy atom. The first-order chi connectivity index (χ1) is 8.22. The highest BCUT2D eigenvalue weighted by molar-refractivity contribution is 5.85. The van der Waals surface area contributed by atoms with Crippen molar-refractivity contribution in [3.63, 3.8) is 0 Å². The van der Waals surface area contributed by atoms with Crippen molar-refractivity contribution in [2.24, 2.45) is 9.98 Å². The van der Waals surface area contributed by atoms with E-state index in [-0.39, 0.29) is 12.4 Å². The zero-order chi connectivity index (χ0) is 12.9. The minimum absolute atomic E-state index is 0. The molecule has 0 aromatic carbocycles. The molecule has 0 saturated carbocycles. The molecule has 108 valence electrons. The van der Waals surface area contributed by atoms with Crippen LogP contribution in [0.25, 0.3) is 0 Å². The van der Waals surface area contributed by atoms with Gasteiger partial charge in [-0.2, -0.15) is 0 Å². The topological polar surface area (TPSA) is 28.0 Å². The molecule has 1 atom stereocenters. The fraction of sp³-hybridized carbons (Fsp3) is 0.929. The molecule has 4 heteroatoms. The molecule has 0 amide bonds. The molecular formula is C14H30ClN3. The minimum Gasteiger partial charge on any atom is -0.306 e. The van der Waals surface area contributed by atoms with Gasteiger partial charge < -0.3 is 4.90 Å². The Balaban J connectivity index is 0. The van der Waals surface area contributed by atoms with Crippen LogP contribution in [0.5, 0.6) is 0 Å². The summed E-state index contributed by atoms with van der Waals surface area (Å²) in [6, 6.07) is 3.39. The Kier molecular flexibility index (Phi) is 16.3. The van der Waals surface area contributed by atoms with Gasteiger partial charge in [0.1, 0.15) is 0 Å². The Morgan fingerprint density at radius 2 is 1.72 bits per heavy atom. The van der Waals surface area contributed by atoms with Crippen LogP contribution in [0.1, 0.15) is 52.4 Å². The van der Waals surface area contributed by atoms with Crippen LogP contribution in [-0.4, -0.2) is 44.1 Å². The fourth-order valence-corrected chi connectivity index (χ4v) is 1.85.